The van der Waals surface area contributed by atoms with Crippen molar-refractivity contribution in [3.05, 3.63) is 40.7 Å². The van der Waals surface area contributed by atoms with Crippen molar-refractivity contribution in [1.82, 2.24) is 19.7 Å². The standard InChI is InChI=1S/C19H22N4O2S/c1-13-18(24)23-9-8-22(10-16(23)19(25)21(13)2)11-17-20-15(12-26-17)14-6-4-3-5-7-14/h3-7,12-13,16H,8-11H2,1-2H3/t13-,16+/m0/s1. The number of piperazine rings is 2. The maximum Gasteiger partial charge on any atom is 0.247 e. The number of benzene rings is 1. The maximum absolute atomic E-state index is 12.6. The summed E-state index contributed by atoms with van der Waals surface area (Å²) in [5.41, 5.74) is 2.10. The van der Waals surface area contributed by atoms with Crippen LogP contribution in [0.3, 0.4) is 0 Å². The maximum atomic E-state index is 12.6. The van der Waals surface area contributed by atoms with Crippen LogP contribution in [0.4, 0.5) is 0 Å². The lowest BCUT2D eigenvalue weighted by molar-refractivity contribution is -0.163. The summed E-state index contributed by atoms with van der Waals surface area (Å²) < 4.78 is 0. The first-order valence-corrected chi connectivity index (χ1v) is 9.72. The number of amides is 2. The van der Waals surface area contributed by atoms with E-state index in [2.05, 4.69) is 22.4 Å². The Morgan fingerprint density at radius 3 is 2.69 bits per heavy atom. The third-order valence-corrected chi connectivity index (χ3v) is 6.13. The summed E-state index contributed by atoms with van der Waals surface area (Å²) >= 11 is 1.64. The number of likely N-dealkylation sites (N-methyl/N-ethyl adjacent to an activating group) is 1. The third-order valence-electron chi connectivity index (χ3n) is 5.30. The molecule has 2 aliphatic rings. The molecule has 1 aromatic carbocycles. The van der Waals surface area contributed by atoms with Gasteiger partial charge in [0.05, 0.1) is 12.2 Å². The van der Waals surface area contributed by atoms with E-state index in [0.29, 0.717) is 19.6 Å². The second kappa shape index (κ2) is 6.81. The molecule has 0 bridgehead atoms. The highest BCUT2D eigenvalue weighted by Gasteiger charge is 2.44. The van der Waals surface area contributed by atoms with Crippen LogP contribution in [0.1, 0.15) is 11.9 Å². The highest BCUT2D eigenvalue weighted by atomic mass is 32.1. The van der Waals surface area contributed by atoms with Crippen molar-refractivity contribution in [3.8, 4) is 11.3 Å². The number of nitrogens with zero attached hydrogens (tertiary/aromatic N) is 4. The predicted molar refractivity (Wildman–Crippen MR) is 101 cm³/mol. The van der Waals surface area contributed by atoms with Gasteiger partial charge in [-0.3, -0.25) is 14.5 Å². The highest BCUT2D eigenvalue weighted by molar-refractivity contribution is 7.09. The van der Waals surface area contributed by atoms with Gasteiger partial charge < -0.3 is 9.80 Å². The Hall–Kier alpha value is -2.25. The molecule has 6 nitrogen and oxygen atoms in total. The summed E-state index contributed by atoms with van der Waals surface area (Å²) in [5, 5.41) is 3.11. The second-order valence-electron chi connectivity index (χ2n) is 6.90. The largest absolute Gasteiger partial charge is 0.332 e. The van der Waals surface area contributed by atoms with E-state index < -0.39 is 0 Å². The fourth-order valence-electron chi connectivity index (χ4n) is 3.61. The van der Waals surface area contributed by atoms with Crippen LogP contribution < -0.4 is 0 Å². The van der Waals surface area contributed by atoms with Crippen molar-refractivity contribution in [1.29, 1.82) is 0 Å². The van der Waals surface area contributed by atoms with Gasteiger partial charge in [-0.1, -0.05) is 30.3 Å². The van der Waals surface area contributed by atoms with Crippen molar-refractivity contribution >= 4 is 23.2 Å². The Balaban J connectivity index is 1.45. The molecule has 2 aromatic rings. The van der Waals surface area contributed by atoms with Crippen molar-refractivity contribution in [2.45, 2.75) is 25.6 Å². The molecular formula is C19H22N4O2S. The molecule has 0 spiro atoms. The van der Waals surface area contributed by atoms with Gasteiger partial charge in [-0.2, -0.15) is 0 Å². The number of rotatable bonds is 3. The molecule has 0 saturated carbocycles. The van der Waals surface area contributed by atoms with E-state index in [4.69, 9.17) is 4.98 Å². The summed E-state index contributed by atoms with van der Waals surface area (Å²) in [6.07, 6.45) is 0. The fraction of sp³-hybridized carbons (Fsp3) is 0.421. The van der Waals surface area contributed by atoms with Crippen LogP contribution in [0.25, 0.3) is 11.3 Å². The molecular weight excluding hydrogens is 348 g/mol. The van der Waals surface area contributed by atoms with Gasteiger partial charge in [0, 0.05) is 37.6 Å². The second-order valence-corrected chi connectivity index (χ2v) is 7.84. The van der Waals surface area contributed by atoms with E-state index in [9.17, 15) is 9.59 Å². The van der Waals surface area contributed by atoms with Gasteiger partial charge in [-0.05, 0) is 6.92 Å². The zero-order chi connectivity index (χ0) is 18.3. The van der Waals surface area contributed by atoms with Crippen molar-refractivity contribution in [2.24, 2.45) is 0 Å². The Morgan fingerprint density at radius 1 is 1.15 bits per heavy atom. The minimum absolute atomic E-state index is 0.0333. The SMILES string of the molecule is C[C@H]1C(=O)N2CCN(Cc3nc(-c4ccccc4)cs3)C[C@@H]2C(=O)N1C. The van der Waals surface area contributed by atoms with Crippen molar-refractivity contribution in [2.75, 3.05) is 26.7 Å². The van der Waals surface area contributed by atoms with E-state index in [1.807, 2.05) is 18.2 Å². The van der Waals surface area contributed by atoms with Crippen molar-refractivity contribution in [3.63, 3.8) is 0 Å². The van der Waals surface area contributed by atoms with Gasteiger partial charge in [0.1, 0.15) is 17.1 Å². The van der Waals surface area contributed by atoms with E-state index >= 15 is 0 Å². The van der Waals surface area contributed by atoms with Crippen LogP contribution >= 0.6 is 11.3 Å². The number of carbonyl (C=O) groups is 2. The Bertz CT molecular complexity index is 822. The Morgan fingerprint density at radius 2 is 1.92 bits per heavy atom. The lowest BCUT2D eigenvalue weighted by Gasteiger charge is -2.47. The smallest absolute Gasteiger partial charge is 0.247 e. The fourth-order valence-corrected chi connectivity index (χ4v) is 4.45. The quantitative estimate of drug-likeness (QED) is 0.825. The zero-order valence-corrected chi connectivity index (χ0v) is 15.8. The zero-order valence-electron chi connectivity index (χ0n) is 15.0. The molecule has 4 rings (SSSR count). The number of carbonyl (C=O) groups excluding carboxylic acids is 2. The number of thiazole rings is 1. The van der Waals surface area contributed by atoms with E-state index in [1.165, 1.54) is 0 Å². The molecule has 2 atom stereocenters. The molecule has 1 aromatic heterocycles. The van der Waals surface area contributed by atoms with E-state index in [1.54, 1.807) is 35.1 Å². The first-order chi connectivity index (χ1) is 12.5. The lowest BCUT2D eigenvalue weighted by atomic mass is 10.0. The van der Waals surface area contributed by atoms with E-state index in [0.717, 1.165) is 22.8 Å². The topological polar surface area (TPSA) is 56.8 Å². The van der Waals surface area contributed by atoms with Gasteiger partial charge in [-0.15, -0.1) is 11.3 Å². The lowest BCUT2D eigenvalue weighted by Crippen LogP contribution is -2.68. The van der Waals surface area contributed by atoms with Crippen LogP contribution in [-0.4, -0.2) is 70.3 Å². The van der Waals surface area contributed by atoms with E-state index in [-0.39, 0.29) is 23.9 Å². The van der Waals surface area contributed by atoms with Crippen LogP contribution in [0.15, 0.2) is 35.7 Å². The van der Waals surface area contributed by atoms with Gasteiger partial charge in [0.15, 0.2) is 0 Å². The van der Waals surface area contributed by atoms with Gasteiger partial charge >= 0.3 is 0 Å². The molecule has 0 N–H and O–H groups in total. The minimum atomic E-state index is -0.369. The molecule has 2 fully saturated rings. The minimum Gasteiger partial charge on any atom is -0.332 e. The molecule has 0 unspecified atom stereocenters. The first kappa shape index (κ1) is 17.2. The van der Waals surface area contributed by atoms with Gasteiger partial charge in [-0.25, -0.2) is 4.98 Å². The highest BCUT2D eigenvalue weighted by Crippen LogP contribution is 2.25. The predicted octanol–water partition coefficient (Wildman–Crippen LogP) is 1.68. The summed E-state index contributed by atoms with van der Waals surface area (Å²) in [4.78, 5) is 35.3. The normalized spacial score (nSPS) is 24.1. The molecule has 3 heterocycles. The number of aromatic nitrogens is 1. The average Bonchev–Trinajstić information content (AvgIpc) is 3.14. The summed E-state index contributed by atoms with van der Waals surface area (Å²) in [7, 11) is 1.72. The van der Waals surface area contributed by atoms with Crippen molar-refractivity contribution < 1.29 is 9.59 Å². The van der Waals surface area contributed by atoms with Gasteiger partial charge in [0.2, 0.25) is 11.8 Å². The number of hydrogen-bond donors (Lipinski definition) is 0. The molecule has 136 valence electrons. The van der Waals surface area contributed by atoms with Crippen LogP contribution in [-0.2, 0) is 16.1 Å². The molecule has 0 radical (unpaired) electrons. The van der Waals surface area contributed by atoms with Gasteiger partial charge in [0.25, 0.3) is 0 Å². The first-order valence-electron chi connectivity index (χ1n) is 8.84. The molecule has 26 heavy (non-hydrogen) atoms. The third kappa shape index (κ3) is 3.01. The number of hydrogen-bond acceptors (Lipinski definition) is 5. The van der Waals surface area contributed by atoms with Crippen LogP contribution in [0.5, 0.6) is 0 Å². The number of fused-ring (bicyclic) bond motifs is 1. The molecule has 0 aliphatic carbocycles. The Labute approximate surface area is 157 Å². The molecule has 2 aliphatic heterocycles. The summed E-state index contributed by atoms with van der Waals surface area (Å²) in [5.74, 6) is 0.0864. The summed E-state index contributed by atoms with van der Waals surface area (Å²) in [6.45, 7) is 4.45. The molecule has 2 saturated heterocycles. The Kier molecular flexibility index (Phi) is 4.50. The molecule has 2 amide bonds. The van der Waals surface area contributed by atoms with Crippen LogP contribution in [0.2, 0.25) is 0 Å². The average molecular weight is 370 g/mol. The monoisotopic (exact) mass is 370 g/mol. The van der Waals surface area contributed by atoms with Crippen LogP contribution in [0, 0.1) is 0 Å². The molecule has 7 heteroatoms. The summed E-state index contributed by atoms with van der Waals surface area (Å²) in [6, 6.07) is 9.40.